The molecule has 1 aliphatic heterocycles. The van der Waals surface area contributed by atoms with Gasteiger partial charge in [0.2, 0.25) is 0 Å². The van der Waals surface area contributed by atoms with Gasteiger partial charge in [-0.1, -0.05) is 25.7 Å². The molecule has 0 N–H and O–H groups in total. The van der Waals surface area contributed by atoms with Crippen LogP contribution in [0.4, 0.5) is 0 Å². The van der Waals surface area contributed by atoms with E-state index in [0.29, 0.717) is 5.92 Å². The summed E-state index contributed by atoms with van der Waals surface area (Å²) in [4.78, 5) is 7.15. The molecule has 6 nitrogen and oxygen atoms in total. The Bertz CT molecular complexity index is 953. The number of morpholine rings is 1. The molecule has 4 heterocycles. The number of nitrogens with zero attached hydrogens (tertiary/aromatic N) is 5. The third-order valence-corrected chi connectivity index (χ3v) is 6.47. The lowest BCUT2D eigenvalue weighted by Crippen LogP contribution is -2.38. The number of ether oxygens (including phenoxy) is 1. The predicted octanol–water partition coefficient (Wildman–Crippen LogP) is 3.58. The third kappa shape index (κ3) is 3.58. The number of fused-ring (bicyclic) bond motifs is 1. The van der Waals surface area contributed by atoms with Crippen molar-refractivity contribution in [3.05, 3.63) is 36.4 Å². The summed E-state index contributed by atoms with van der Waals surface area (Å²) in [7, 11) is 0. The topological polar surface area (TPSA) is 48.1 Å². The van der Waals surface area contributed by atoms with Gasteiger partial charge in [-0.2, -0.15) is 5.10 Å². The van der Waals surface area contributed by atoms with Crippen LogP contribution >= 0.6 is 12.8 Å². The van der Waals surface area contributed by atoms with E-state index in [0.717, 1.165) is 56.2 Å². The van der Waals surface area contributed by atoms with Gasteiger partial charge in [-0.25, -0.2) is 4.98 Å². The Labute approximate surface area is 171 Å². The van der Waals surface area contributed by atoms with Gasteiger partial charge in [0.25, 0.3) is 0 Å². The van der Waals surface area contributed by atoms with Crippen molar-refractivity contribution in [3.63, 3.8) is 0 Å². The Morgan fingerprint density at radius 3 is 2.71 bits per heavy atom. The first kappa shape index (κ1) is 18.2. The van der Waals surface area contributed by atoms with Gasteiger partial charge in [0.05, 0.1) is 26.0 Å². The standard InChI is InChI=1S/C21H27N5OS/c28-26-15-20(19-11-17(12-22-21(19)26)16-3-1-2-4-16)18-13-23-25(14-18)6-5-24-7-9-27-10-8-24/h11-16,28H,1-10H2. The van der Waals surface area contributed by atoms with Crippen LogP contribution in [0.2, 0.25) is 0 Å². The highest BCUT2D eigenvalue weighted by Crippen LogP contribution is 2.37. The van der Waals surface area contributed by atoms with Crippen LogP contribution in [0.5, 0.6) is 0 Å². The van der Waals surface area contributed by atoms with Gasteiger partial charge in [0.1, 0.15) is 5.65 Å². The molecule has 148 valence electrons. The number of hydrogen-bond acceptors (Lipinski definition) is 5. The first-order valence-corrected chi connectivity index (χ1v) is 10.7. The zero-order valence-electron chi connectivity index (χ0n) is 16.1. The van der Waals surface area contributed by atoms with Crippen LogP contribution in [0, 0.1) is 0 Å². The minimum atomic E-state index is 0.657. The van der Waals surface area contributed by atoms with Crippen LogP contribution in [-0.2, 0) is 11.3 Å². The summed E-state index contributed by atoms with van der Waals surface area (Å²) in [5, 5.41) is 5.77. The highest BCUT2D eigenvalue weighted by atomic mass is 32.1. The molecule has 0 aromatic carbocycles. The molecule has 0 bridgehead atoms. The Morgan fingerprint density at radius 2 is 1.89 bits per heavy atom. The van der Waals surface area contributed by atoms with E-state index >= 15 is 0 Å². The van der Waals surface area contributed by atoms with E-state index in [1.165, 1.54) is 36.6 Å². The second-order valence-electron chi connectivity index (χ2n) is 7.95. The molecule has 7 heteroatoms. The van der Waals surface area contributed by atoms with Crippen molar-refractivity contribution in [3.8, 4) is 11.1 Å². The second-order valence-corrected chi connectivity index (χ2v) is 8.39. The molecule has 1 saturated carbocycles. The average Bonchev–Trinajstić information content (AvgIpc) is 3.48. The molecular formula is C21H27N5OS. The zero-order chi connectivity index (χ0) is 18.9. The molecule has 28 heavy (non-hydrogen) atoms. The fraction of sp³-hybridized carbons (Fsp3) is 0.524. The van der Waals surface area contributed by atoms with Crippen LogP contribution in [0.1, 0.15) is 37.2 Å². The monoisotopic (exact) mass is 397 g/mol. The lowest BCUT2D eigenvalue weighted by atomic mass is 9.97. The Hall–Kier alpha value is -1.83. The maximum Gasteiger partial charge on any atom is 0.150 e. The van der Waals surface area contributed by atoms with Gasteiger partial charge in [-0.05, 0) is 30.4 Å². The molecule has 2 fully saturated rings. The van der Waals surface area contributed by atoms with Gasteiger partial charge in [-0.3, -0.25) is 13.6 Å². The van der Waals surface area contributed by atoms with Gasteiger partial charge in [-0.15, -0.1) is 0 Å². The van der Waals surface area contributed by atoms with Crippen LogP contribution in [0.25, 0.3) is 22.2 Å². The van der Waals surface area contributed by atoms with Crippen molar-refractivity contribution in [2.75, 3.05) is 32.8 Å². The number of pyridine rings is 1. The normalized spacial score (nSPS) is 19.0. The summed E-state index contributed by atoms with van der Waals surface area (Å²) in [5.41, 5.74) is 4.58. The van der Waals surface area contributed by atoms with E-state index < -0.39 is 0 Å². The molecule has 0 unspecified atom stereocenters. The van der Waals surface area contributed by atoms with Gasteiger partial charge in [0, 0.05) is 54.7 Å². The molecule has 3 aromatic rings. The quantitative estimate of drug-likeness (QED) is 0.669. The predicted molar refractivity (Wildman–Crippen MR) is 114 cm³/mol. The molecular weight excluding hydrogens is 370 g/mol. The second kappa shape index (κ2) is 7.89. The SMILES string of the molecule is Sn1cc(-c2cnn(CCN3CCOCC3)c2)c2cc(C3CCCC3)cnc21. The summed E-state index contributed by atoms with van der Waals surface area (Å²) < 4.78 is 9.29. The van der Waals surface area contributed by atoms with E-state index in [1.807, 2.05) is 21.0 Å². The molecule has 5 rings (SSSR count). The van der Waals surface area contributed by atoms with Gasteiger partial charge in [0.15, 0.2) is 0 Å². The largest absolute Gasteiger partial charge is 0.379 e. The maximum atomic E-state index is 5.42. The van der Waals surface area contributed by atoms with Crippen LogP contribution < -0.4 is 0 Å². The van der Waals surface area contributed by atoms with E-state index in [2.05, 4.69) is 41.3 Å². The lowest BCUT2D eigenvalue weighted by Gasteiger charge is -2.26. The lowest BCUT2D eigenvalue weighted by molar-refractivity contribution is 0.0360. The average molecular weight is 398 g/mol. The van der Waals surface area contributed by atoms with Crippen LogP contribution in [0.3, 0.4) is 0 Å². The molecule has 3 aromatic heterocycles. The summed E-state index contributed by atoms with van der Waals surface area (Å²) in [6, 6.07) is 2.32. The summed E-state index contributed by atoms with van der Waals surface area (Å²) in [6.45, 7) is 5.59. The van der Waals surface area contributed by atoms with Crippen molar-refractivity contribution >= 4 is 23.8 Å². The highest BCUT2D eigenvalue weighted by molar-refractivity contribution is 7.78. The molecule has 2 aliphatic rings. The van der Waals surface area contributed by atoms with E-state index in [1.54, 1.807) is 0 Å². The van der Waals surface area contributed by atoms with E-state index in [-0.39, 0.29) is 0 Å². The smallest absolute Gasteiger partial charge is 0.150 e. The molecule has 1 aliphatic carbocycles. The van der Waals surface area contributed by atoms with Crippen molar-refractivity contribution < 1.29 is 4.74 Å². The number of hydrogen-bond donors (Lipinski definition) is 1. The minimum Gasteiger partial charge on any atom is -0.379 e. The Morgan fingerprint density at radius 1 is 1.07 bits per heavy atom. The van der Waals surface area contributed by atoms with Crippen LogP contribution in [-0.4, -0.2) is 56.5 Å². The summed E-state index contributed by atoms with van der Waals surface area (Å²) >= 11 is 4.59. The molecule has 0 atom stereocenters. The first-order chi connectivity index (χ1) is 13.8. The Kier molecular flexibility index (Phi) is 5.13. The fourth-order valence-corrected chi connectivity index (χ4v) is 4.79. The number of rotatable bonds is 5. The van der Waals surface area contributed by atoms with Crippen molar-refractivity contribution in [1.82, 2.24) is 23.6 Å². The zero-order valence-corrected chi connectivity index (χ0v) is 17.0. The maximum absolute atomic E-state index is 5.42. The Balaban J connectivity index is 1.39. The van der Waals surface area contributed by atoms with Crippen LogP contribution in [0.15, 0.2) is 30.9 Å². The van der Waals surface area contributed by atoms with Crippen molar-refractivity contribution in [2.45, 2.75) is 38.1 Å². The van der Waals surface area contributed by atoms with Crippen molar-refractivity contribution in [1.29, 1.82) is 0 Å². The molecule has 0 radical (unpaired) electrons. The molecule has 0 amide bonds. The summed E-state index contributed by atoms with van der Waals surface area (Å²) in [5.74, 6) is 0.657. The van der Waals surface area contributed by atoms with E-state index in [4.69, 9.17) is 9.72 Å². The number of thiol groups is 1. The third-order valence-electron chi connectivity index (χ3n) is 6.17. The molecule has 0 spiro atoms. The van der Waals surface area contributed by atoms with Crippen molar-refractivity contribution in [2.24, 2.45) is 0 Å². The van der Waals surface area contributed by atoms with E-state index in [9.17, 15) is 0 Å². The fourth-order valence-electron chi connectivity index (χ4n) is 4.51. The number of aromatic nitrogens is 4. The minimum absolute atomic E-state index is 0.657. The first-order valence-electron chi connectivity index (χ1n) is 10.3. The van der Waals surface area contributed by atoms with Gasteiger partial charge < -0.3 is 4.74 Å². The van der Waals surface area contributed by atoms with Gasteiger partial charge >= 0.3 is 0 Å². The highest BCUT2D eigenvalue weighted by Gasteiger charge is 2.20. The molecule has 1 saturated heterocycles. The summed E-state index contributed by atoms with van der Waals surface area (Å²) in [6.07, 6.45) is 13.4.